The number of hydrogen-bond donors (Lipinski definition) is 1. The van der Waals surface area contributed by atoms with E-state index in [1.54, 1.807) is 0 Å². The predicted octanol–water partition coefficient (Wildman–Crippen LogP) is 2.18. The van der Waals surface area contributed by atoms with Crippen LogP contribution in [-0.2, 0) is 4.79 Å². The first-order valence-electron chi connectivity index (χ1n) is 6.14. The van der Waals surface area contributed by atoms with Gasteiger partial charge in [0.2, 0.25) is 5.91 Å². The maximum atomic E-state index is 12.1. The molecular weight excluding hydrogens is 224 g/mol. The SMILES string of the molecule is CCN(C(=O)C(C)C(C)N)C1CCCC1.Cl. The topological polar surface area (TPSA) is 46.3 Å². The molecular formula is C12H25ClN2O. The summed E-state index contributed by atoms with van der Waals surface area (Å²) < 4.78 is 0. The molecule has 2 atom stereocenters. The van der Waals surface area contributed by atoms with Crippen molar-refractivity contribution < 1.29 is 4.79 Å². The second-order valence-electron chi connectivity index (χ2n) is 4.71. The van der Waals surface area contributed by atoms with Crippen LogP contribution in [0.5, 0.6) is 0 Å². The number of carbonyl (C=O) groups is 1. The van der Waals surface area contributed by atoms with Gasteiger partial charge in [0.05, 0.1) is 5.92 Å². The van der Waals surface area contributed by atoms with Crippen molar-refractivity contribution in [2.24, 2.45) is 11.7 Å². The second kappa shape index (κ2) is 7.13. The molecule has 1 aliphatic carbocycles. The zero-order valence-electron chi connectivity index (χ0n) is 10.6. The molecule has 0 aliphatic heterocycles. The fraction of sp³-hybridized carbons (Fsp3) is 0.917. The van der Waals surface area contributed by atoms with Crippen LogP contribution >= 0.6 is 12.4 Å². The lowest BCUT2D eigenvalue weighted by atomic mass is 10.0. The Hall–Kier alpha value is -0.280. The molecule has 0 radical (unpaired) electrons. The van der Waals surface area contributed by atoms with Gasteiger partial charge in [0.15, 0.2) is 0 Å². The number of rotatable bonds is 4. The Morgan fingerprint density at radius 2 is 1.88 bits per heavy atom. The molecule has 1 aliphatic rings. The second-order valence-corrected chi connectivity index (χ2v) is 4.71. The predicted molar refractivity (Wildman–Crippen MR) is 69.7 cm³/mol. The Kier molecular flexibility index (Phi) is 7.00. The quantitative estimate of drug-likeness (QED) is 0.829. The van der Waals surface area contributed by atoms with Crippen LogP contribution in [0.4, 0.5) is 0 Å². The molecule has 1 saturated carbocycles. The molecule has 1 amide bonds. The van der Waals surface area contributed by atoms with Crippen molar-refractivity contribution in [2.45, 2.75) is 58.5 Å². The molecule has 0 heterocycles. The first-order valence-corrected chi connectivity index (χ1v) is 6.14. The number of nitrogens with zero attached hydrogens (tertiary/aromatic N) is 1. The molecule has 2 N–H and O–H groups in total. The third-order valence-electron chi connectivity index (χ3n) is 3.57. The van der Waals surface area contributed by atoms with E-state index in [2.05, 4.69) is 6.92 Å². The normalized spacial score (nSPS) is 20.0. The van der Waals surface area contributed by atoms with Gasteiger partial charge in [0.25, 0.3) is 0 Å². The van der Waals surface area contributed by atoms with Gasteiger partial charge in [-0.2, -0.15) is 0 Å². The van der Waals surface area contributed by atoms with Gasteiger partial charge in [0.1, 0.15) is 0 Å². The molecule has 0 spiro atoms. The Bertz CT molecular complexity index is 215. The summed E-state index contributed by atoms with van der Waals surface area (Å²) in [5, 5.41) is 0. The van der Waals surface area contributed by atoms with Crippen molar-refractivity contribution in [1.82, 2.24) is 4.90 Å². The van der Waals surface area contributed by atoms with E-state index in [4.69, 9.17) is 5.73 Å². The van der Waals surface area contributed by atoms with Crippen LogP contribution < -0.4 is 5.73 Å². The zero-order valence-corrected chi connectivity index (χ0v) is 11.4. The van der Waals surface area contributed by atoms with Gasteiger partial charge in [-0.05, 0) is 26.7 Å². The van der Waals surface area contributed by atoms with Crippen LogP contribution in [-0.4, -0.2) is 29.4 Å². The highest BCUT2D eigenvalue weighted by molar-refractivity contribution is 5.85. The summed E-state index contributed by atoms with van der Waals surface area (Å²) in [7, 11) is 0. The van der Waals surface area contributed by atoms with E-state index in [1.165, 1.54) is 25.7 Å². The summed E-state index contributed by atoms with van der Waals surface area (Å²) in [5.41, 5.74) is 5.78. The highest BCUT2D eigenvalue weighted by atomic mass is 35.5. The average Bonchev–Trinajstić information content (AvgIpc) is 2.70. The van der Waals surface area contributed by atoms with E-state index in [0.717, 1.165) is 6.54 Å². The van der Waals surface area contributed by atoms with Gasteiger partial charge in [0, 0.05) is 18.6 Å². The highest BCUT2D eigenvalue weighted by Crippen LogP contribution is 2.24. The maximum absolute atomic E-state index is 12.1. The summed E-state index contributed by atoms with van der Waals surface area (Å²) in [6.45, 7) is 6.72. The van der Waals surface area contributed by atoms with E-state index >= 15 is 0 Å². The number of amides is 1. The molecule has 4 heteroatoms. The van der Waals surface area contributed by atoms with Crippen LogP contribution in [0.2, 0.25) is 0 Å². The summed E-state index contributed by atoms with van der Waals surface area (Å²) in [4.78, 5) is 14.2. The summed E-state index contributed by atoms with van der Waals surface area (Å²) >= 11 is 0. The number of carbonyl (C=O) groups excluding carboxylic acids is 1. The van der Waals surface area contributed by atoms with Crippen molar-refractivity contribution in [3.8, 4) is 0 Å². The lowest BCUT2D eigenvalue weighted by Crippen LogP contribution is -2.45. The molecule has 1 rings (SSSR count). The van der Waals surface area contributed by atoms with Crippen LogP contribution in [0.3, 0.4) is 0 Å². The summed E-state index contributed by atoms with van der Waals surface area (Å²) in [5.74, 6) is 0.185. The first kappa shape index (κ1) is 15.7. The number of halogens is 1. The molecule has 1 fully saturated rings. The van der Waals surface area contributed by atoms with Gasteiger partial charge in [-0.1, -0.05) is 19.8 Å². The van der Waals surface area contributed by atoms with Crippen molar-refractivity contribution in [3.05, 3.63) is 0 Å². The monoisotopic (exact) mass is 248 g/mol. The Morgan fingerprint density at radius 1 is 1.38 bits per heavy atom. The first-order chi connectivity index (χ1) is 7.07. The number of nitrogens with two attached hydrogens (primary N) is 1. The third kappa shape index (κ3) is 3.63. The molecule has 3 nitrogen and oxygen atoms in total. The van der Waals surface area contributed by atoms with E-state index < -0.39 is 0 Å². The van der Waals surface area contributed by atoms with Crippen LogP contribution in [0.1, 0.15) is 46.5 Å². The van der Waals surface area contributed by atoms with Crippen molar-refractivity contribution >= 4 is 18.3 Å². The molecule has 16 heavy (non-hydrogen) atoms. The van der Waals surface area contributed by atoms with Crippen LogP contribution in [0, 0.1) is 5.92 Å². The van der Waals surface area contributed by atoms with E-state index in [1.807, 2.05) is 18.7 Å². The maximum Gasteiger partial charge on any atom is 0.227 e. The van der Waals surface area contributed by atoms with Crippen LogP contribution in [0.25, 0.3) is 0 Å². The van der Waals surface area contributed by atoms with Gasteiger partial charge >= 0.3 is 0 Å². The Balaban J connectivity index is 0.00000225. The van der Waals surface area contributed by atoms with Gasteiger partial charge in [-0.25, -0.2) is 0 Å². The van der Waals surface area contributed by atoms with E-state index in [9.17, 15) is 4.79 Å². The number of hydrogen-bond acceptors (Lipinski definition) is 2. The van der Waals surface area contributed by atoms with Crippen molar-refractivity contribution in [1.29, 1.82) is 0 Å². The van der Waals surface area contributed by atoms with Crippen LogP contribution in [0.15, 0.2) is 0 Å². The average molecular weight is 249 g/mol. The zero-order chi connectivity index (χ0) is 11.4. The molecule has 96 valence electrons. The molecule has 0 bridgehead atoms. The van der Waals surface area contributed by atoms with E-state index in [-0.39, 0.29) is 30.3 Å². The van der Waals surface area contributed by atoms with Crippen molar-refractivity contribution in [2.75, 3.05) is 6.54 Å². The Morgan fingerprint density at radius 3 is 2.25 bits per heavy atom. The summed E-state index contributed by atoms with van der Waals surface area (Å²) in [6, 6.07) is 0.427. The highest BCUT2D eigenvalue weighted by Gasteiger charge is 2.29. The fourth-order valence-corrected chi connectivity index (χ4v) is 2.30. The van der Waals surface area contributed by atoms with E-state index in [0.29, 0.717) is 6.04 Å². The van der Waals surface area contributed by atoms with Crippen molar-refractivity contribution in [3.63, 3.8) is 0 Å². The molecule has 0 saturated heterocycles. The fourth-order valence-electron chi connectivity index (χ4n) is 2.30. The molecule has 0 aromatic heterocycles. The minimum atomic E-state index is -0.0504. The standard InChI is InChI=1S/C12H24N2O.ClH/c1-4-14(11-7-5-6-8-11)12(15)9(2)10(3)13;/h9-11H,4-8,13H2,1-3H3;1H. The van der Waals surface area contributed by atoms with Gasteiger partial charge < -0.3 is 10.6 Å². The lowest BCUT2D eigenvalue weighted by Gasteiger charge is -2.31. The Labute approximate surface area is 105 Å². The largest absolute Gasteiger partial charge is 0.340 e. The van der Waals surface area contributed by atoms with Gasteiger partial charge in [-0.15, -0.1) is 12.4 Å². The molecule has 0 aromatic carbocycles. The third-order valence-corrected chi connectivity index (χ3v) is 3.57. The minimum Gasteiger partial charge on any atom is -0.340 e. The molecule has 2 unspecified atom stereocenters. The summed E-state index contributed by atoms with van der Waals surface area (Å²) in [6.07, 6.45) is 4.87. The smallest absolute Gasteiger partial charge is 0.227 e. The minimum absolute atomic E-state index is 0. The lowest BCUT2D eigenvalue weighted by molar-refractivity contribution is -0.137. The van der Waals surface area contributed by atoms with Gasteiger partial charge in [-0.3, -0.25) is 4.79 Å². The molecule has 0 aromatic rings.